The highest BCUT2D eigenvalue weighted by atomic mass is 16.6. The molecule has 0 spiro atoms. The van der Waals surface area contributed by atoms with Gasteiger partial charge in [-0.05, 0) is 24.5 Å². The predicted molar refractivity (Wildman–Crippen MR) is 63.9 cm³/mol. The smallest absolute Gasteiger partial charge is 0.252 e. The van der Waals surface area contributed by atoms with E-state index in [9.17, 15) is 5.11 Å². The number of aryl methyl sites for hydroxylation is 1. The van der Waals surface area contributed by atoms with E-state index in [0.717, 1.165) is 17.6 Å². The van der Waals surface area contributed by atoms with Crippen LogP contribution in [-0.4, -0.2) is 37.6 Å². The molecule has 18 heavy (non-hydrogen) atoms. The fourth-order valence-electron chi connectivity index (χ4n) is 1.97. The lowest BCUT2D eigenvalue weighted by molar-refractivity contribution is -0.0790. The molecule has 6 heteroatoms. The summed E-state index contributed by atoms with van der Waals surface area (Å²) >= 11 is 0. The van der Waals surface area contributed by atoms with Crippen LogP contribution >= 0.6 is 0 Å². The van der Waals surface area contributed by atoms with E-state index >= 15 is 0 Å². The molecule has 3 rings (SSSR count). The summed E-state index contributed by atoms with van der Waals surface area (Å²) in [6, 6.07) is 0. The number of aromatic nitrogens is 4. The Labute approximate surface area is 104 Å². The minimum absolute atomic E-state index is 0.490. The fraction of sp³-hybridized carbons (Fsp3) is 0.417. The quantitative estimate of drug-likeness (QED) is 0.787. The Morgan fingerprint density at radius 3 is 3.28 bits per heavy atom. The Kier molecular flexibility index (Phi) is 2.81. The van der Waals surface area contributed by atoms with Crippen LogP contribution in [0.4, 0.5) is 0 Å². The zero-order valence-corrected chi connectivity index (χ0v) is 10.1. The molecular weight excluding hydrogens is 232 g/mol. The molecule has 2 aromatic heterocycles. The largest absolute Gasteiger partial charge is 0.364 e. The van der Waals surface area contributed by atoms with Gasteiger partial charge < -0.3 is 9.84 Å². The van der Waals surface area contributed by atoms with Crippen LogP contribution in [0, 0.1) is 6.92 Å². The van der Waals surface area contributed by atoms with E-state index in [0.29, 0.717) is 24.6 Å². The number of hydrogen-bond acceptors (Lipinski definition) is 5. The van der Waals surface area contributed by atoms with Gasteiger partial charge in [-0.1, -0.05) is 6.08 Å². The average molecular weight is 246 g/mol. The first kappa shape index (κ1) is 11.3. The maximum Gasteiger partial charge on any atom is 0.252 e. The first-order chi connectivity index (χ1) is 8.72. The number of ether oxygens (including phenoxy) is 1. The van der Waals surface area contributed by atoms with Crippen molar-refractivity contribution in [1.29, 1.82) is 0 Å². The summed E-state index contributed by atoms with van der Waals surface area (Å²) in [7, 11) is 0. The van der Waals surface area contributed by atoms with Crippen LogP contribution in [0.15, 0.2) is 24.0 Å². The predicted octanol–water partition coefficient (Wildman–Crippen LogP) is 0.640. The lowest BCUT2D eigenvalue weighted by atomic mass is 10.1. The third kappa shape index (κ3) is 2.12. The van der Waals surface area contributed by atoms with Crippen molar-refractivity contribution < 1.29 is 9.84 Å². The molecule has 94 valence electrons. The van der Waals surface area contributed by atoms with Gasteiger partial charge in [0.25, 0.3) is 5.78 Å². The second-order valence-corrected chi connectivity index (χ2v) is 4.37. The molecule has 0 fully saturated rings. The van der Waals surface area contributed by atoms with Crippen molar-refractivity contribution in [3.63, 3.8) is 0 Å². The van der Waals surface area contributed by atoms with Crippen LogP contribution in [-0.2, 0) is 11.2 Å². The lowest BCUT2D eigenvalue weighted by Crippen LogP contribution is -2.21. The molecule has 1 atom stereocenters. The van der Waals surface area contributed by atoms with Gasteiger partial charge in [0.05, 0.1) is 6.61 Å². The second kappa shape index (κ2) is 4.47. The molecule has 1 aliphatic heterocycles. The standard InChI is InChI=1S/C12H14N4O2/c1-8-6-13-12-14-10(15-16(12)7-8)5-9-3-2-4-18-11(9)17/h3,6-7,11,17H,2,4-5H2,1H3. The number of fused-ring (bicyclic) bond motifs is 1. The van der Waals surface area contributed by atoms with Crippen LogP contribution in [0.25, 0.3) is 5.78 Å². The Hall–Kier alpha value is -1.79. The summed E-state index contributed by atoms with van der Waals surface area (Å²) in [5.41, 5.74) is 1.84. The number of aliphatic hydroxyl groups is 1. The molecule has 0 aliphatic carbocycles. The normalized spacial score (nSPS) is 20.1. The fourth-order valence-corrected chi connectivity index (χ4v) is 1.97. The summed E-state index contributed by atoms with van der Waals surface area (Å²) in [6.45, 7) is 2.51. The van der Waals surface area contributed by atoms with E-state index in [-0.39, 0.29) is 0 Å². The minimum Gasteiger partial charge on any atom is -0.364 e. The molecule has 1 N–H and O–H groups in total. The first-order valence-electron chi connectivity index (χ1n) is 5.89. The van der Waals surface area contributed by atoms with Gasteiger partial charge in [-0.2, -0.15) is 4.98 Å². The molecule has 1 aliphatic rings. The van der Waals surface area contributed by atoms with Gasteiger partial charge in [0.1, 0.15) is 0 Å². The van der Waals surface area contributed by atoms with Crippen molar-refractivity contribution >= 4 is 5.78 Å². The molecule has 0 bridgehead atoms. The summed E-state index contributed by atoms with van der Waals surface area (Å²) in [6.07, 6.45) is 6.09. The molecule has 3 heterocycles. The van der Waals surface area contributed by atoms with Gasteiger partial charge in [0.2, 0.25) is 0 Å². The van der Waals surface area contributed by atoms with Gasteiger partial charge >= 0.3 is 0 Å². The SMILES string of the molecule is Cc1cnc2nc(CC3=CCCOC3O)nn2c1. The van der Waals surface area contributed by atoms with E-state index < -0.39 is 6.29 Å². The van der Waals surface area contributed by atoms with Crippen LogP contribution in [0.1, 0.15) is 17.8 Å². The molecule has 0 radical (unpaired) electrons. The molecule has 1 unspecified atom stereocenters. The van der Waals surface area contributed by atoms with Gasteiger partial charge in [-0.15, -0.1) is 5.10 Å². The van der Waals surface area contributed by atoms with Crippen LogP contribution in [0.5, 0.6) is 0 Å². The van der Waals surface area contributed by atoms with Crippen LogP contribution < -0.4 is 0 Å². The molecule has 0 aromatic carbocycles. The van der Waals surface area contributed by atoms with E-state index in [1.54, 1.807) is 10.7 Å². The molecule has 0 amide bonds. The highest BCUT2D eigenvalue weighted by Gasteiger charge is 2.17. The summed E-state index contributed by atoms with van der Waals surface area (Å²) in [5.74, 6) is 1.21. The molecule has 2 aromatic rings. The monoisotopic (exact) mass is 246 g/mol. The first-order valence-corrected chi connectivity index (χ1v) is 5.89. The lowest BCUT2D eigenvalue weighted by Gasteiger charge is -2.18. The Morgan fingerprint density at radius 2 is 2.44 bits per heavy atom. The van der Waals surface area contributed by atoms with E-state index in [1.807, 2.05) is 19.2 Å². The minimum atomic E-state index is -0.833. The Bertz CT molecular complexity index is 605. The number of rotatable bonds is 2. The maximum atomic E-state index is 9.68. The molecule has 6 nitrogen and oxygen atoms in total. The summed E-state index contributed by atoms with van der Waals surface area (Å²) in [5, 5.41) is 14.0. The molecular formula is C12H14N4O2. The molecule has 0 saturated heterocycles. The summed E-state index contributed by atoms with van der Waals surface area (Å²) < 4.78 is 6.82. The zero-order chi connectivity index (χ0) is 12.5. The van der Waals surface area contributed by atoms with Crippen molar-refractivity contribution in [3.05, 3.63) is 35.4 Å². The second-order valence-electron chi connectivity index (χ2n) is 4.37. The zero-order valence-electron chi connectivity index (χ0n) is 10.1. The maximum absolute atomic E-state index is 9.68. The highest BCUT2D eigenvalue weighted by Crippen LogP contribution is 2.16. The van der Waals surface area contributed by atoms with Gasteiger partial charge in [0.15, 0.2) is 12.1 Å². The van der Waals surface area contributed by atoms with E-state index in [4.69, 9.17) is 4.74 Å². The third-order valence-electron chi connectivity index (χ3n) is 2.85. The third-order valence-corrected chi connectivity index (χ3v) is 2.85. The van der Waals surface area contributed by atoms with Crippen molar-refractivity contribution in [2.45, 2.75) is 26.1 Å². The number of nitrogens with zero attached hydrogens (tertiary/aromatic N) is 4. The topological polar surface area (TPSA) is 72.5 Å². The van der Waals surface area contributed by atoms with Crippen molar-refractivity contribution in [3.8, 4) is 0 Å². The van der Waals surface area contributed by atoms with Crippen molar-refractivity contribution in [2.24, 2.45) is 0 Å². The van der Waals surface area contributed by atoms with Gasteiger partial charge in [-0.3, -0.25) is 0 Å². The van der Waals surface area contributed by atoms with Crippen LogP contribution in [0.2, 0.25) is 0 Å². The number of aliphatic hydroxyl groups excluding tert-OH is 1. The van der Waals surface area contributed by atoms with Crippen molar-refractivity contribution in [1.82, 2.24) is 19.6 Å². The highest BCUT2D eigenvalue weighted by molar-refractivity contribution is 5.28. The Balaban J connectivity index is 1.88. The summed E-state index contributed by atoms with van der Waals surface area (Å²) in [4.78, 5) is 8.51. The van der Waals surface area contributed by atoms with Gasteiger partial charge in [0, 0.05) is 18.8 Å². The molecule has 0 saturated carbocycles. The van der Waals surface area contributed by atoms with E-state index in [2.05, 4.69) is 15.1 Å². The van der Waals surface area contributed by atoms with Crippen molar-refractivity contribution in [2.75, 3.05) is 6.61 Å². The number of hydrogen-bond donors (Lipinski definition) is 1. The average Bonchev–Trinajstić information content (AvgIpc) is 2.73. The Morgan fingerprint density at radius 1 is 1.56 bits per heavy atom. The van der Waals surface area contributed by atoms with Gasteiger partial charge in [-0.25, -0.2) is 9.50 Å². The van der Waals surface area contributed by atoms with E-state index in [1.165, 1.54) is 0 Å². The van der Waals surface area contributed by atoms with Crippen LogP contribution in [0.3, 0.4) is 0 Å².